The van der Waals surface area contributed by atoms with Crippen molar-refractivity contribution in [3.8, 4) is 0 Å². The highest BCUT2D eigenvalue weighted by Crippen LogP contribution is 2.27. The van der Waals surface area contributed by atoms with Gasteiger partial charge in [-0.3, -0.25) is 0 Å². The van der Waals surface area contributed by atoms with Gasteiger partial charge in [0, 0.05) is 12.6 Å². The first kappa shape index (κ1) is 15.0. The van der Waals surface area contributed by atoms with Crippen LogP contribution in [0.25, 0.3) is 0 Å². The van der Waals surface area contributed by atoms with Gasteiger partial charge in [-0.2, -0.15) is 13.2 Å². The normalized spacial score (nSPS) is 11.4. The van der Waals surface area contributed by atoms with Gasteiger partial charge in [0.1, 0.15) is 17.5 Å². The topological polar surface area (TPSA) is 63.8 Å². The Kier molecular flexibility index (Phi) is 4.25. The zero-order chi connectivity index (χ0) is 15.5. The van der Waals surface area contributed by atoms with Crippen LogP contribution in [0.4, 0.5) is 29.2 Å². The van der Waals surface area contributed by atoms with Crippen LogP contribution in [0.3, 0.4) is 0 Å². The largest absolute Gasteiger partial charge is 0.451 e. The summed E-state index contributed by atoms with van der Waals surface area (Å²) in [6.07, 6.45) is -4.14. The molecule has 0 radical (unpaired) electrons. The van der Waals surface area contributed by atoms with Gasteiger partial charge in [0.05, 0.1) is 0 Å². The van der Waals surface area contributed by atoms with Crippen LogP contribution in [-0.4, -0.2) is 16.5 Å². The van der Waals surface area contributed by atoms with Gasteiger partial charge < -0.3 is 11.1 Å². The molecular formula is C13H12F4N4. The second-order valence-electron chi connectivity index (χ2n) is 4.30. The Hall–Kier alpha value is -2.38. The molecule has 0 aliphatic heterocycles. The van der Waals surface area contributed by atoms with Crippen LogP contribution in [0.1, 0.15) is 11.4 Å². The summed E-state index contributed by atoms with van der Waals surface area (Å²) in [6, 6.07) is 7.07. The van der Waals surface area contributed by atoms with E-state index in [2.05, 4.69) is 15.3 Å². The summed E-state index contributed by atoms with van der Waals surface area (Å²) >= 11 is 0. The Morgan fingerprint density at radius 1 is 1.10 bits per heavy atom. The monoisotopic (exact) mass is 300 g/mol. The van der Waals surface area contributed by atoms with E-state index in [1.165, 1.54) is 18.2 Å². The third kappa shape index (κ3) is 4.30. The van der Waals surface area contributed by atoms with Gasteiger partial charge >= 0.3 is 6.18 Å². The Balaban J connectivity index is 2.00. The first-order chi connectivity index (χ1) is 9.84. The average molecular weight is 300 g/mol. The number of nitrogens with zero attached hydrogens (tertiary/aromatic N) is 2. The molecule has 0 saturated carbocycles. The third-order valence-electron chi connectivity index (χ3n) is 2.63. The average Bonchev–Trinajstić information content (AvgIpc) is 2.39. The SMILES string of the molecule is Nc1cc(NCCc2ccc(F)cc2)nc(C(F)(F)F)n1. The van der Waals surface area contributed by atoms with E-state index in [-0.39, 0.29) is 17.5 Å². The Morgan fingerprint density at radius 3 is 2.38 bits per heavy atom. The molecule has 112 valence electrons. The molecule has 2 aromatic rings. The Labute approximate surface area is 118 Å². The van der Waals surface area contributed by atoms with Crippen molar-refractivity contribution in [1.82, 2.24) is 9.97 Å². The number of alkyl halides is 3. The molecule has 0 atom stereocenters. The molecule has 0 bridgehead atoms. The number of nitrogens with one attached hydrogen (secondary N) is 1. The second-order valence-corrected chi connectivity index (χ2v) is 4.30. The lowest BCUT2D eigenvalue weighted by Gasteiger charge is -2.10. The Bertz CT molecular complexity index is 611. The number of nitrogens with two attached hydrogens (primary N) is 1. The maximum atomic E-state index is 12.7. The molecule has 8 heteroatoms. The lowest BCUT2D eigenvalue weighted by atomic mass is 10.1. The summed E-state index contributed by atoms with van der Waals surface area (Å²) in [5.74, 6) is -1.89. The van der Waals surface area contributed by atoms with E-state index < -0.39 is 12.0 Å². The van der Waals surface area contributed by atoms with Crippen molar-refractivity contribution in [2.24, 2.45) is 0 Å². The molecule has 1 heterocycles. The molecule has 2 rings (SSSR count). The smallest absolute Gasteiger partial charge is 0.384 e. The van der Waals surface area contributed by atoms with Crippen LogP contribution in [0, 0.1) is 5.82 Å². The number of halogens is 4. The first-order valence-electron chi connectivity index (χ1n) is 6.04. The molecule has 0 aliphatic carbocycles. The summed E-state index contributed by atoms with van der Waals surface area (Å²) in [5.41, 5.74) is 6.17. The van der Waals surface area contributed by atoms with E-state index in [0.717, 1.165) is 5.56 Å². The fourth-order valence-corrected chi connectivity index (χ4v) is 1.67. The number of aromatic nitrogens is 2. The minimum atomic E-state index is -4.65. The molecule has 4 nitrogen and oxygen atoms in total. The number of hydrogen-bond donors (Lipinski definition) is 2. The summed E-state index contributed by atoms with van der Waals surface area (Å²) in [5, 5.41) is 2.74. The van der Waals surface area contributed by atoms with Crippen molar-refractivity contribution < 1.29 is 17.6 Å². The molecule has 1 aromatic carbocycles. The molecule has 0 fully saturated rings. The second kappa shape index (κ2) is 5.94. The zero-order valence-corrected chi connectivity index (χ0v) is 10.8. The third-order valence-corrected chi connectivity index (χ3v) is 2.63. The lowest BCUT2D eigenvalue weighted by molar-refractivity contribution is -0.144. The van der Waals surface area contributed by atoms with Crippen LogP contribution in [0.15, 0.2) is 30.3 Å². The number of benzene rings is 1. The van der Waals surface area contributed by atoms with Crippen LogP contribution in [-0.2, 0) is 12.6 Å². The molecule has 21 heavy (non-hydrogen) atoms. The van der Waals surface area contributed by atoms with Crippen molar-refractivity contribution >= 4 is 11.6 Å². The highest BCUT2D eigenvalue weighted by molar-refractivity contribution is 5.45. The molecule has 3 N–H and O–H groups in total. The Morgan fingerprint density at radius 2 is 1.76 bits per heavy atom. The van der Waals surface area contributed by atoms with Gasteiger partial charge in [-0.05, 0) is 24.1 Å². The van der Waals surface area contributed by atoms with Gasteiger partial charge in [0.2, 0.25) is 5.82 Å². The highest BCUT2D eigenvalue weighted by atomic mass is 19.4. The van der Waals surface area contributed by atoms with Crippen LogP contribution in [0.2, 0.25) is 0 Å². The summed E-state index contributed by atoms with van der Waals surface area (Å²) in [6.45, 7) is 0.333. The lowest BCUT2D eigenvalue weighted by Crippen LogP contribution is -2.15. The maximum Gasteiger partial charge on any atom is 0.451 e. The standard InChI is InChI=1S/C13H12F4N4/c14-9-3-1-8(2-4-9)5-6-19-11-7-10(18)20-12(21-11)13(15,16)17/h1-4,7H,5-6H2,(H3,18,19,20,21). The predicted molar refractivity (Wildman–Crippen MR) is 70.0 cm³/mol. The number of anilines is 2. The molecule has 0 spiro atoms. The first-order valence-corrected chi connectivity index (χ1v) is 6.04. The minimum absolute atomic E-state index is 0.00284. The quantitative estimate of drug-likeness (QED) is 0.852. The fourth-order valence-electron chi connectivity index (χ4n) is 1.67. The van der Waals surface area contributed by atoms with Gasteiger partial charge in [-0.25, -0.2) is 14.4 Å². The zero-order valence-electron chi connectivity index (χ0n) is 10.8. The maximum absolute atomic E-state index is 12.7. The van der Waals surface area contributed by atoms with Crippen molar-refractivity contribution in [2.45, 2.75) is 12.6 Å². The molecule has 0 saturated heterocycles. The number of rotatable bonds is 4. The number of nitrogen functional groups attached to an aromatic ring is 1. The predicted octanol–water partition coefficient (Wildman–Crippen LogP) is 2.87. The van der Waals surface area contributed by atoms with Gasteiger partial charge in [0.25, 0.3) is 0 Å². The van der Waals surface area contributed by atoms with Gasteiger partial charge in [0.15, 0.2) is 0 Å². The summed E-state index contributed by atoms with van der Waals surface area (Å²) in [4.78, 5) is 6.50. The molecule has 0 aliphatic rings. The van der Waals surface area contributed by atoms with Crippen LogP contribution < -0.4 is 11.1 Å². The van der Waals surface area contributed by atoms with Crippen molar-refractivity contribution in [2.75, 3.05) is 17.6 Å². The number of hydrogen-bond acceptors (Lipinski definition) is 4. The molecule has 0 amide bonds. The van der Waals surface area contributed by atoms with E-state index in [9.17, 15) is 17.6 Å². The van der Waals surface area contributed by atoms with E-state index >= 15 is 0 Å². The molecule has 0 unspecified atom stereocenters. The van der Waals surface area contributed by atoms with E-state index in [1.807, 2.05) is 0 Å². The molecular weight excluding hydrogens is 288 g/mol. The summed E-state index contributed by atoms with van der Waals surface area (Å²) < 4.78 is 50.3. The van der Waals surface area contributed by atoms with Crippen LogP contribution in [0.5, 0.6) is 0 Å². The molecule has 1 aromatic heterocycles. The van der Waals surface area contributed by atoms with E-state index in [1.54, 1.807) is 12.1 Å². The van der Waals surface area contributed by atoms with Crippen LogP contribution >= 0.6 is 0 Å². The fraction of sp³-hybridized carbons (Fsp3) is 0.231. The van der Waals surface area contributed by atoms with Crippen molar-refractivity contribution in [3.05, 3.63) is 47.5 Å². The van der Waals surface area contributed by atoms with Gasteiger partial charge in [-0.1, -0.05) is 12.1 Å². The van der Waals surface area contributed by atoms with E-state index in [4.69, 9.17) is 5.73 Å². The van der Waals surface area contributed by atoms with Crippen molar-refractivity contribution in [3.63, 3.8) is 0 Å². The summed E-state index contributed by atoms with van der Waals surface area (Å²) in [7, 11) is 0. The van der Waals surface area contributed by atoms with Crippen molar-refractivity contribution in [1.29, 1.82) is 0 Å². The van der Waals surface area contributed by atoms with Gasteiger partial charge in [-0.15, -0.1) is 0 Å². The van der Waals surface area contributed by atoms with E-state index in [0.29, 0.717) is 13.0 Å². The minimum Gasteiger partial charge on any atom is -0.384 e. The highest BCUT2D eigenvalue weighted by Gasteiger charge is 2.35.